The third-order valence-electron chi connectivity index (χ3n) is 1.70. The molecule has 3 heteroatoms. The van der Waals surface area contributed by atoms with Crippen LogP contribution >= 0.6 is 22.9 Å². The Morgan fingerprint density at radius 2 is 2.00 bits per heavy atom. The Morgan fingerprint density at radius 1 is 1.46 bits per heavy atom. The molecule has 0 aliphatic heterocycles. The maximum Gasteiger partial charge on any atom is 0.179 e. The van der Waals surface area contributed by atoms with Gasteiger partial charge in [0.05, 0.1) is 9.90 Å². The van der Waals surface area contributed by atoms with Crippen molar-refractivity contribution in [3.63, 3.8) is 0 Å². The van der Waals surface area contributed by atoms with Crippen LogP contribution in [-0.2, 0) is 0 Å². The molecule has 0 saturated heterocycles. The number of thiophene rings is 1. The Morgan fingerprint density at radius 3 is 2.31 bits per heavy atom. The molecule has 1 heterocycles. The third-order valence-corrected chi connectivity index (χ3v) is 3.16. The van der Waals surface area contributed by atoms with Crippen molar-refractivity contribution in [2.45, 2.75) is 27.7 Å². The van der Waals surface area contributed by atoms with E-state index in [4.69, 9.17) is 11.6 Å². The van der Waals surface area contributed by atoms with Crippen molar-refractivity contribution in [1.29, 1.82) is 0 Å². The van der Waals surface area contributed by atoms with Crippen molar-refractivity contribution in [1.82, 2.24) is 0 Å². The summed E-state index contributed by atoms with van der Waals surface area (Å²) < 4.78 is 0. The molecule has 0 atom stereocenters. The molecule has 13 heavy (non-hydrogen) atoms. The van der Waals surface area contributed by atoms with Gasteiger partial charge in [0.15, 0.2) is 5.78 Å². The lowest BCUT2D eigenvalue weighted by Gasteiger charge is -2.15. The van der Waals surface area contributed by atoms with Crippen LogP contribution in [0.4, 0.5) is 0 Å². The molecule has 1 rings (SSSR count). The molecule has 1 aromatic heterocycles. The first kappa shape index (κ1) is 10.7. The van der Waals surface area contributed by atoms with Crippen LogP contribution < -0.4 is 0 Å². The minimum absolute atomic E-state index is 0.121. The molecular formula is C10H13ClOS. The number of Topliss-reactive ketones (excluding diaryl/α,β-unsaturated/α-hetero) is 1. The standard InChI is InChI=1S/C10H13ClOS/c1-6-5-7(11)8(13-6)9(12)10(2,3)4/h5H,1-4H3. The summed E-state index contributed by atoms with van der Waals surface area (Å²) in [5.41, 5.74) is -0.346. The fourth-order valence-electron chi connectivity index (χ4n) is 0.979. The van der Waals surface area contributed by atoms with Crippen LogP contribution in [0.25, 0.3) is 0 Å². The molecule has 0 amide bonds. The summed E-state index contributed by atoms with van der Waals surface area (Å²) in [4.78, 5) is 13.6. The second-order valence-electron chi connectivity index (χ2n) is 4.11. The van der Waals surface area contributed by atoms with Gasteiger partial charge in [0.25, 0.3) is 0 Å². The topological polar surface area (TPSA) is 17.1 Å². The number of carbonyl (C=O) groups excluding carboxylic acids is 1. The van der Waals surface area contributed by atoms with Crippen molar-refractivity contribution in [3.8, 4) is 0 Å². The van der Waals surface area contributed by atoms with E-state index in [1.165, 1.54) is 11.3 Å². The van der Waals surface area contributed by atoms with Gasteiger partial charge in [-0.3, -0.25) is 4.79 Å². The van der Waals surface area contributed by atoms with Crippen molar-refractivity contribution in [2.24, 2.45) is 5.41 Å². The highest BCUT2D eigenvalue weighted by Gasteiger charge is 2.26. The highest BCUT2D eigenvalue weighted by atomic mass is 35.5. The SMILES string of the molecule is Cc1cc(Cl)c(C(=O)C(C)(C)C)s1. The number of rotatable bonds is 1. The lowest BCUT2D eigenvalue weighted by atomic mass is 9.90. The molecule has 1 aromatic rings. The van der Waals surface area contributed by atoms with Crippen LogP contribution in [0.15, 0.2) is 6.07 Å². The summed E-state index contributed by atoms with van der Waals surface area (Å²) in [5, 5.41) is 0.586. The van der Waals surface area contributed by atoms with E-state index in [1.54, 1.807) is 0 Å². The highest BCUT2D eigenvalue weighted by molar-refractivity contribution is 7.14. The minimum Gasteiger partial charge on any atom is -0.293 e. The van der Waals surface area contributed by atoms with Crippen LogP contribution in [0.5, 0.6) is 0 Å². The Kier molecular flexibility index (Phi) is 2.83. The van der Waals surface area contributed by atoms with E-state index in [9.17, 15) is 4.79 Å². The summed E-state index contributed by atoms with van der Waals surface area (Å²) in [6.45, 7) is 7.66. The lowest BCUT2D eigenvalue weighted by Crippen LogP contribution is -2.19. The molecule has 0 bridgehead atoms. The van der Waals surface area contributed by atoms with Gasteiger partial charge in [-0.25, -0.2) is 0 Å². The fourth-order valence-corrected chi connectivity index (χ4v) is 2.46. The lowest BCUT2D eigenvalue weighted by molar-refractivity contribution is 0.0863. The van der Waals surface area contributed by atoms with Gasteiger partial charge in [-0.05, 0) is 13.0 Å². The Bertz CT molecular complexity index is 333. The summed E-state index contributed by atoms with van der Waals surface area (Å²) in [7, 11) is 0. The van der Waals surface area contributed by atoms with E-state index in [0.29, 0.717) is 9.90 Å². The first-order valence-electron chi connectivity index (χ1n) is 4.13. The summed E-state index contributed by atoms with van der Waals surface area (Å²) in [6, 6.07) is 1.84. The predicted octanol–water partition coefficient (Wildman–Crippen LogP) is 3.94. The third kappa shape index (κ3) is 2.32. The first-order chi connectivity index (χ1) is 5.82. The second kappa shape index (κ2) is 3.43. The maximum absolute atomic E-state index is 11.8. The molecule has 72 valence electrons. The molecule has 0 unspecified atom stereocenters. The monoisotopic (exact) mass is 216 g/mol. The zero-order valence-corrected chi connectivity index (χ0v) is 9.84. The van der Waals surface area contributed by atoms with Crippen molar-refractivity contribution in [2.75, 3.05) is 0 Å². The van der Waals surface area contributed by atoms with Gasteiger partial charge in [0, 0.05) is 10.3 Å². The second-order valence-corrected chi connectivity index (χ2v) is 5.78. The van der Waals surface area contributed by atoms with Gasteiger partial charge in [-0.15, -0.1) is 11.3 Å². The van der Waals surface area contributed by atoms with E-state index >= 15 is 0 Å². The molecule has 0 aliphatic carbocycles. The smallest absolute Gasteiger partial charge is 0.179 e. The molecule has 0 fully saturated rings. The van der Waals surface area contributed by atoms with E-state index in [1.807, 2.05) is 33.8 Å². The largest absolute Gasteiger partial charge is 0.293 e. The molecule has 1 nitrogen and oxygen atoms in total. The number of carbonyl (C=O) groups is 1. The van der Waals surface area contributed by atoms with Crippen LogP contribution in [0.2, 0.25) is 5.02 Å². The molecule has 0 saturated carbocycles. The Hall–Kier alpha value is -0.340. The van der Waals surface area contributed by atoms with E-state index in [0.717, 1.165) is 4.88 Å². The van der Waals surface area contributed by atoms with Gasteiger partial charge in [-0.2, -0.15) is 0 Å². The van der Waals surface area contributed by atoms with Crippen LogP contribution in [0.1, 0.15) is 35.3 Å². The van der Waals surface area contributed by atoms with Crippen LogP contribution in [0.3, 0.4) is 0 Å². The molecule has 0 radical (unpaired) electrons. The van der Waals surface area contributed by atoms with Gasteiger partial charge in [-0.1, -0.05) is 32.4 Å². The summed E-state index contributed by atoms with van der Waals surface area (Å²) >= 11 is 7.40. The summed E-state index contributed by atoms with van der Waals surface area (Å²) in [6.07, 6.45) is 0. The number of hydrogen-bond donors (Lipinski definition) is 0. The maximum atomic E-state index is 11.8. The fraction of sp³-hybridized carbons (Fsp3) is 0.500. The van der Waals surface area contributed by atoms with Crippen molar-refractivity contribution in [3.05, 3.63) is 20.8 Å². The summed E-state index contributed by atoms with van der Waals surface area (Å²) in [5.74, 6) is 0.121. The van der Waals surface area contributed by atoms with Gasteiger partial charge >= 0.3 is 0 Å². The van der Waals surface area contributed by atoms with E-state index in [2.05, 4.69) is 0 Å². The average molecular weight is 217 g/mol. The molecular weight excluding hydrogens is 204 g/mol. The minimum atomic E-state index is -0.346. The first-order valence-corrected chi connectivity index (χ1v) is 5.32. The number of ketones is 1. The average Bonchev–Trinajstić information content (AvgIpc) is 2.26. The predicted molar refractivity (Wildman–Crippen MR) is 57.9 cm³/mol. The van der Waals surface area contributed by atoms with E-state index in [-0.39, 0.29) is 11.2 Å². The Labute approximate surface area is 87.7 Å². The quantitative estimate of drug-likeness (QED) is 0.650. The number of halogens is 1. The molecule has 0 N–H and O–H groups in total. The van der Waals surface area contributed by atoms with Gasteiger partial charge < -0.3 is 0 Å². The van der Waals surface area contributed by atoms with Crippen molar-refractivity contribution >= 4 is 28.7 Å². The highest BCUT2D eigenvalue weighted by Crippen LogP contribution is 2.32. The van der Waals surface area contributed by atoms with Crippen LogP contribution in [-0.4, -0.2) is 5.78 Å². The van der Waals surface area contributed by atoms with Crippen LogP contribution in [0, 0.1) is 12.3 Å². The van der Waals surface area contributed by atoms with Gasteiger partial charge in [0.1, 0.15) is 0 Å². The number of aryl methyl sites for hydroxylation is 1. The molecule has 0 aliphatic rings. The zero-order chi connectivity index (χ0) is 10.2. The van der Waals surface area contributed by atoms with Crippen molar-refractivity contribution < 1.29 is 4.79 Å². The Balaban J connectivity index is 3.09. The molecule has 0 aromatic carbocycles. The van der Waals surface area contributed by atoms with E-state index < -0.39 is 0 Å². The normalized spacial score (nSPS) is 11.8. The molecule has 0 spiro atoms. The number of hydrogen-bond acceptors (Lipinski definition) is 2. The van der Waals surface area contributed by atoms with Gasteiger partial charge in [0.2, 0.25) is 0 Å². The zero-order valence-electron chi connectivity index (χ0n) is 8.27.